The molecule has 2 heterocycles. The number of hydrogen-bond donors (Lipinski definition) is 0. The summed E-state index contributed by atoms with van der Waals surface area (Å²) < 4.78 is 12.2. The first-order valence-electron chi connectivity index (χ1n) is 7.97. The number of rotatable bonds is 8. The Kier molecular flexibility index (Phi) is 6.45. The van der Waals surface area contributed by atoms with Crippen LogP contribution in [-0.2, 0) is 14.3 Å². The van der Waals surface area contributed by atoms with Crippen molar-refractivity contribution in [2.24, 2.45) is 0 Å². The summed E-state index contributed by atoms with van der Waals surface area (Å²) in [6.07, 6.45) is 4.74. The maximum atomic E-state index is 12.7. The minimum absolute atomic E-state index is 0.0950. The minimum Gasteiger partial charge on any atom is -0.382 e. The van der Waals surface area contributed by atoms with Crippen molar-refractivity contribution in [2.45, 2.75) is 26.9 Å². The predicted octanol–water partition coefficient (Wildman–Crippen LogP) is 1.98. The lowest BCUT2D eigenvalue weighted by Crippen LogP contribution is -2.39. The van der Waals surface area contributed by atoms with Crippen molar-refractivity contribution >= 4 is 11.6 Å². The number of anilines is 1. The van der Waals surface area contributed by atoms with Crippen molar-refractivity contribution in [3.63, 3.8) is 0 Å². The van der Waals surface area contributed by atoms with Crippen LogP contribution in [0.5, 0.6) is 0 Å². The summed E-state index contributed by atoms with van der Waals surface area (Å²) in [4.78, 5) is 18.5. The normalized spacial score (nSPS) is 12.2. The van der Waals surface area contributed by atoms with E-state index in [2.05, 4.69) is 10.1 Å². The average Bonchev–Trinajstić information content (AvgIpc) is 2.98. The third-order valence-corrected chi connectivity index (χ3v) is 3.66. The van der Waals surface area contributed by atoms with Gasteiger partial charge in [-0.2, -0.15) is 5.10 Å². The van der Waals surface area contributed by atoms with E-state index < -0.39 is 6.10 Å². The molecule has 7 heteroatoms. The Morgan fingerprint density at radius 3 is 2.83 bits per heavy atom. The summed E-state index contributed by atoms with van der Waals surface area (Å²) in [5.41, 5.74) is 2.39. The van der Waals surface area contributed by atoms with E-state index in [0.717, 1.165) is 17.1 Å². The topological polar surface area (TPSA) is 69.5 Å². The zero-order valence-electron chi connectivity index (χ0n) is 14.6. The molecule has 1 unspecified atom stereocenters. The van der Waals surface area contributed by atoms with Gasteiger partial charge in [-0.1, -0.05) is 0 Å². The lowest BCUT2D eigenvalue weighted by atomic mass is 10.2. The maximum absolute atomic E-state index is 12.7. The van der Waals surface area contributed by atoms with E-state index in [1.54, 1.807) is 36.0 Å². The van der Waals surface area contributed by atoms with Crippen molar-refractivity contribution in [3.8, 4) is 5.69 Å². The van der Waals surface area contributed by atoms with Gasteiger partial charge >= 0.3 is 0 Å². The quantitative estimate of drug-likeness (QED) is 0.691. The van der Waals surface area contributed by atoms with Gasteiger partial charge in [0, 0.05) is 19.9 Å². The molecule has 0 spiro atoms. The molecule has 7 nitrogen and oxygen atoms in total. The number of methoxy groups -OCH3 is 1. The number of likely N-dealkylation sites (N-methyl/N-ethyl adjacent to an activating group) is 1. The number of amides is 1. The lowest BCUT2D eigenvalue weighted by Gasteiger charge is -2.23. The fourth-order valence-corrected chi connectivity index (χ4v) is 2.38. The van der Waals surface area contributed by atoms with Crippen LogP contribution >= 0.6 is 0 Å². The number of carbonyl (C=O) groups excluding carboxylic acids is 1. The third-order valence-electron chi connectivity index (χ3n) is 3.66. The summed E-state index contributed by atoms with van der Waals surface area (Å²) >= 11 is 0. The molecule has 2 rings (SSSR count). The molecule has 0 aliphatic heterocycles. The van der Waals surface area contributed by atoms with Crippen LogP contribution in [0.4, 0.5) is 5.69 Å². The molecule has 0 saturated carbocycles. The van der Waals surface area contributed by atoms with Gasteiger partial charge in [0.2, 0.25) is 0 Å². The summed E-state index contributed by atoms with van der Waals surface area (Å²) in [6.45, 7) is 6.95. The molecule has 2 aromatic rings. The van der Waals surface area contributed by atoms with E-state index in [1.165, 1.54) is 0 Å². The van der Waals surface area contributed by atoms with Crippen LogP contribution in [0.15, 0.2) is 30.7 Å². The molecule has 0 saturated heterocycles. The predicted molar refractivity (Wildman–Crippen MR) is 91.4 cm³/mol. The van der Waals surface area contributed by atoms with Gasteiger partial charge in [0.05, 0.1) is 42.7 Å². The molecular formula is C17H24N4O3. The molecule has 1 amide bonds. The summed E-state index contributed by atoms with van der Waals surface area (Å²) in [5.74, 6) is -0.0950. The molecule has 0 N–H and O–H groups in total. The van der Waals surface area contributed by atoms with E-state index >= 15 is 0 Å². The van der Waals surface area contributed by atoms with Crippen molar-refractivity contribution in [1.29, 1.82) is 0 Å². The summed E-state index contributed by atoms with van der Waals surface area (Å²) in [6, 6.07) is 3.76. The third kappa shape index (κ3) is 4.18. The van der Waals surface area contributed by atoms with Gasteiger partial charge < -0.3 is 14.4 Å². The number of ether oxygens (including phenoxy) is 2. The molecule has 24 heavy (non-hydrogen) atoms. The van der Waals surface area contributed by atoms with Crippen LogP contribution in [0.3, 0.4) is 0 Å². The minimum atomic E-state index is -0.541. The molecular weight excluding hydrogens is 308 g/mol. The Labute approximate surface area is 142 Å². The van der Waals surface area contributed by atoms with Crippen molar-refractivity contribution in [3.05, 3.63) is 36.4 Å². The van der Waals surface area contributed by atoms with E-state index in [9.17, 15) is 4.79 Å². The standard InChI is InChI=1S/C17H24N4O3/c1-5-20(17(22)14(3)24-10-9-23-4)16-12-21(19-13(16)2)15-7-6-8-18-11-15/h6-8,11-12,14H,5,9-10H2,1-4H3. The molecule has 130 valence electrons. The first-order valence-corrected chi connectivity index (χ1v) is 7.97. The van der Waals surface area contributed by atoms with Gasteiger partial charge in [-0.15, -0.1) is 0 Å². The molecule has 0 aliphatic rings. The highest BCUT2D eigenvalue weighted by Gasteiger charge is 2.24. The Bertz CT molecular complexity index is 657. The van der Waals surface area contributed by atoms with Gasteiger partial charge in [0.15, 0.2) is 0 Å². The molecule has 0 aromatic carbocycles. The Balaban J connectivity index is 2.18. The van der Waals surface area contributed by atoms with Crippen LogP contribution in [0.2, 0.25) is 0 Å². The Hall–Kier alpha value is -2.25. The van der Waals surface area contributed by atoms with E-state index in [1.807, 2.05) is 32.2 Å². The summed E-state index contributed by atoms with van der Waals surface area (Å²) in [7, 11) is 1.60. The van der Waals surface area contributed by atoms with Gasteiger partial charge in [-0.25, -0.2) is 4.68 Å². The van der Waals surface area contributed by atoms with Crippen LogP contribution in [0.25, 0.3) is 5.69 Å². The second-order valence-electron chi connectivity index (χ2n) is 5.34. The number of nitrogens with zero attached hydrogens (tertiary/aromatic N) is 4. The molecule has 0 fully saturated rings. The summed E-state index contributed by atoms with van der Waals surface area (Å²) in [5, 5.41) is 4.49. The fraction of sp³-hybridized carbons (Fsp3) is 0.471. The number of aromatic nitrogens is 3. The zero-order valence-corrected chi connectivity index (χ0v) is 14.6. The van der Waals surface area contributed by atoms with Crippen LogP contribution in [-0.4, -0.2) is 53.6 Å². The molecule has 0 radical (unpaired) electrons. The van der Waals surface area contributed by atoms with Crippen LogP contribution in [0, 0.1) is 6.92 Å². The number of hydrogen-bond acceptors (Lipinski definition) is 5. The van der Waals surface area contributed by atoms with Crippen LogP contribution < -0.4 is 4.90 Å². The first-order chi connectivity index (χ1) is 11.6. The highest BCUT2D eigenvalue weighted by Crippen LogP contribution is 2.22. The number of pyridine rings is 1. The number of aryl methyl sites for hydroxylation is 1. The molecule has 0 aliphatic carbocycles. The van der Waals surface area contributed by atoms with E-state index in [0.29, 0.717) is 19.8 Å². The first kappa shape index (κ1) is 18.1. The highest BCUT2D eigenvalue weighted by atomic mass is 16.5. The fourth-order valence-electron chi connectivity index (χ4n) is 2.38. The maximum Gasteiger partial charge on any atom is 0.255 e. The zero-order chi connectivity index (χ0) is 17.5. The van der Waals surface area contributed by atoms with E-state index in [-0.39, 0.29) is 5.91 Å². The van der Waals surface area contributed by atoms with Gasteiger partial charge in [-0.05, 0) is 32.9 Å². The van der Waals surface area contributed by atoms with Crippen LogP contribution in [0.1, 0.15) is 19.5 Å². The van der Waals surface area contributed by atoms with Crippen molar-refractivity contribution in [1.82, 2.24) is 14.8 Å². The Morgan fingerprint density at radius 1 is 1.42 bits per heavy atom. The van der Waals surface area contributed by atoms with Gasteiger partial charge in [-0.3, -0.25) is 9.78 Å². The van der Waals surface area contributed by atoms with Gasteiger partial charge in [0.25, 0.3) is 5.91 Å². The Morgan fingerprint density at radius 2 is 2.21 bits per heavy atom. The lowest BCUT2D eigenvalue weighted by molar-refractivity contribution is -0.129. The van der Waals surface area contributed by atoms with Crippen molar-refractivity contribution < 1.29 is 14.3 Å². The highest BCUT2D eigenvalue weighted by molar-refractivity contribution is 5.96. The van der Waals surface area contributed by atoms with Gasteiger partial charge in [0.1, 0.15) is 6.10 Å². The SMILES string of the molecule is CCN(C(=O)C(C)OCCOC)c1cn(-c2cccnc2)nc1C. The number of carbonyl (C=O) groups is 1. The second kappa shape index (κ2) is 8.56. The van der Waals surface area contributed by atoms with Crippen molar-refractivity contribution in [2.75, 3.05) is 31.8 Å². The average molecular weight is 332 g/mol. The monoisotopic (exact) mass is 332 g/mol. The second-order valence-corrected chi connectivity index (χ2v) is 5.34. The molecule has 1 atom stereocenters. The van der Waals surface area contributed by atoms with E-state index in [4.69, 9.17) is 9.47 Å². The largest absolute Gasteiger partial charge is 0.382 e. The molecule has 0 bridgehead atoms. The smallest absolute Gasteiger partial charge is 0.255 e. The molecule has 2 aromatic heterocycles.